The van der Waals surface area contributed by atoms with Crippen LogP contribution in [0.1, 0.15) is 94.4 Å². The van der Waals surface area contributed by atoms with Crippen molar-refractivity contribution < 1.29 is 0 Å². The van der Waals surface area contributed by atoms with Gasteiger partial charge in [-0.1, -0.05) is 27.7 Å². The molecule has 1 aliphatic heterocycles. The Hall–Kier alpha value is -0.410. The maximum atomic E-state index is 4.93. The van der Waals surface area contributed by atoms with Crippen LogP contribution in [0.15, 0.2) is 6.20 Å². The van der Waals surface area contributed by atoms with Crippen molar-refractivity contribution in [2.24, 2.45) is 22.7 Å². The topological polar surface area (TPSA) is 24.9 Å². The van der Waals surface area contributed by atoms with E-state index in [2.05, 4.69) is 39.2 Å². The summed E-state index contributed by atoms with van der Waals surface area (Å²) < 4.78 is 0. The summed E-state index contributed by atoms with van der Waals surface area (Å²) in [7, 11) is 0. The molecule has 2 saturated carbocycles. The van der Waals surface area contributed by atoms with Crippen molar-refractivity contribution in [3.8, 4) is 0 Å². The zero-order valence-electron chi connectivity index (χ0n) is 16.6. The Kier molecular flexibility index (Phi) is 4.77. The predicted molar refractivity (Wildman–Crippen MR) is 107 cm³/mol. The predicted octanol–water partition coefficient (Wildman–Crippen LogP) is 5.96. The molecule has 0 aromatic carbocycles. The van der Waals surface area contributed by atoms with Crippen LogP contribution in [-0.2, 0) is 0 Å². The molecule has 2 heterocycles. The average Bonchev–Trinajstić information content (AvgIpc) is 3.10. The number of fused-ring (bicyclic) bond motifs is 1. The molecular formula is C22H36N2S. The van der Waals surface area contributed by atoms with E-state index in [1.807, 2.05) is 11.3 Å². The van der Waals surface area contributed by atoms with Crippen molar-refractivity contribution in [1.82, 2.24) is 10.3 Å². The first-order valence-corrected chi connectivity index (χ1v) is 11.3. The van der Waals surface area contributed by atoms with Gasteiger partial charge in [0.2, 0.25) is 0 Å². The number of nitrogens with zero attached hydrogens (tertiary/aromatic N) is 1. The van der Waals surface area contributed by atoms with Gasteiger partial charge in [-0.3, -0.25) is 0 Å². The number of piperidine rings is 1. The van der Waals surface area contributed by atoms with Crippen LogP contribution in [0.3, 0.4) is 0 Å². The van der Waals surface area contributed by atoms with Gasteiger partial charge in [0.15, 0.2) is 0 Å². The van der Waals surface area contributed by atoms with Crippen LogP contribution in [0.2, 0.25) is 0 Å². The van der Waals surface area contributed by atoms with Gasteiger partial charge in [0, 0.05) is 17.0 Å². The van der Waals surface area contributed by atoms with Crippen molar-refractivity contribution in [3.05, 3.63) is 16.1 Å². The van der Waals surface area contributed by atoms with Crippen molar-refractivity contribution in [1.29, 1.82) is 0 Å². The minimum atomic E-state index is 0.508. The summed E-state index contributed by atoms with van der Waals surface area (Å²) in [5, 5.41) is 4.94. The Bertz CT molecular complexity index is 597. The largest absolute Gasteiger partial charge is 0.317 e. The van der Waals surface area contributed by atoms with E-state index < -0.39 is 0 Å². The number of hydrogen-bond acceptors (Lipinski definition) is 3. The second kappa shape index (κ2) is 6.64. The van der Waals surface area contributed by atoms with E-state index in [1.54, 1.807) is 4.88 Å². The van der Waals surface area contributed by atoms with E-state index in [4.69, 9.17) is 4.98 Å². The van der Waals surface area contributed by atoms with Crippen molar-refractivity contribution in [2.45, 2.75) is 84.5 Å². The number of hydrogen-bond donors (Lipinski definition) is 1. The standard InChI is InChI=1S/C22H36N2S/c1-21(2)9-10-22(3,4)18-13-16(5-6-17(18)21)20-24-14-19(25-20)15-7-11-23-12-8-15/h14-18,23H,5-13H2,1-4H3. The smallest absolute Gasteiger partial charge is 0.0958 e. The van der Waals surface area contributed by atoms with Gasteiger partial charge >= 0.3 is 0 Å². The van der Waals surface area contributed by atoms with E-state index >= 15 is 0 Å². The molecule has 2 aliphatic carbocycles. The van der Waals surface area contributed by atoms with Crippen LogP contribution in [0, 0.1) is 22.7 Å². The van der Waals surface area contributed by atoms with Gasteiger partial charge in [-0.15, -0.1) is 11.3 Å². The Morgan fingerprint density at radius 2 is 1.60 bits per heavy atom. The monoisotopic (exact) mass is 360 g/mol. The molecule has 0 spiro atoms. The number of aromatic nitrogens is 1. The second-order valence-corrected chi connectivity index (χ2v) is 11.4. The highest BCUT2D eigenvalue weighted by molar-refractivity contribution is 7.11. The van der Waals surface area contributed by atoms with Crippen molar-refractivity contribution in [2.75, 3.05) is 13.1 Å². The fourth-order valence-corrected chi connectivity index (χ4v) is 7.23. The molecule has 3 fully saturated rings. The van der Waals surface area contributed by atoms with E-state index in [1.165, 1.54) is 63.0 Å². The van der Waals surface area contributed by atoms with Gasteiger partial charge in [-0.25, -0.2) is 4.98 Å². The van der Waals surface area contributed by atoms with Gasteiger partial charge in [0.1, 0.15) is 0 Å². The molecule has 3 heteroatoms. The average molecular weight is 361 g/mol. The molecule has 4 rings (SSSR count). The number of nitrogens with one attached hydrogen (secondary N) is 1. The Morgan fingerprint density at radius 3 is 2.32 bits per heavy atom. The fraction of sp³-hybridized carbons (Fsp3) is 0.864. The minimum Gasteiger partial charge on any atom is -0.317 e. The Labute approximate surface area is 158 Å². The Morgan fingerprint density at radius 1 is 0.920 bits per heavy atom. The third kappa shape index (κ3) is 3.43. The number of rotatable bonds is 2. The molecule has 2 nitrogen and oxygen atoms in total. The molecule has 1 aromatic rings. The molecule has 1 N–H and O–H groups in total. The highest BCUT2D eigenvalue weighted by Gasteiger charge is 2.50. The first kappa shape index (κ1) is 18.0. The first-order valence-electron chi connectivity index (χ1n) is 10.5. The third-order valence-corrected chi connectivity index (χ3v) is 9.23. The lowest BCUT2D eigenvalue weighted by Crippen LogP contribution is -2.46. The molecule has 3 atom stereocenters. The summed E-state index contributed by atoms with van der Waals surface area (Å²) in [5.74, 6) is 3.27. The molecule has 3 unspecified atom stereocenters. The summed E-state index contributed by atoms with van der Waals surface area (Å²) >= 11 is 2.05. The van der Waals surface area contributed by atoms with Crippen molar-refractivity contribution in [3.63, 3.8) is 0 Å². The van der Waals surface area contributed by atoms with E-state index in [9.17, 15) is 0 Å². The summed E-state index contributed by atoms with van der Waals surface area (Å²) in [6, 6.07) is 0. The number of thiazole rings is 1. The molecule has 1 saturated heterocycles. The molecule has 1 aromatic heterocycles. The zero-order chi connectivity index (χ0) is 17.7. The molecule has 0 amide bonds. The quantitative estimate of drug-likeness (QED) is 0.704. The normalized spacial score (nSPS) is 35.3. The fourth-order valence-electron chi connectivity index (χ4n) is 5.99. The second-order valence-electron chi connectivity index (χ2n) is 10.3. The SMILES string of the molecule is CC1(C)CCC(C)(C)C2CC(c3ncc(C4CCNCC4)s3)CCC21. The third-order valence-electron chi connectivity index (χ3n) is 7.90. The summed E-state index contributed by atoms with van der Waals surface area (Å²) in [4.78, 5) is 6.49. The zero-order valence-corrected chi connectivity index (χ0v) is 17.4. The molecule has 140 valence electrons. The maximum absolute atomic E-state index is 4.93. The summed E-state index contributed by atoms with van der Waals surface area (Å²) in [5.41, 5.74) is 1.04. The van der Waals surface area contributed by atoms with Gasteiger partial charge in [-0.05, 0) is 86.6 Å². The lowest BCUT2D eigenvalue weighted by atomic mass is 9.50. The van der Waals surface area contributed by atoms with Crippen LogP contribution >= 0.6 is 11.3 Å². The van der Waals surface area contributed by atoms with Crippen LogP contribution in [0.4, 0.5) is 0 Å². The van der Waals surface area contributed by atoms with Gasteiger partial charge in [0.05, 0.1) is 5.01 Å². The van der Waals surface area contributed by atoms with Crippen molar-refractivity contribution >= 4 is 11.3 Å². The van der Waals surface area contributed by atoms with Gasteiger partial charge < -0.3 is 5.32 Å². The van der Waals surface area contributed by atoms with Crippen LogP contribution < -0.4 is 5.32 Å². The lowest BCUT2D eigenvalue weighted by Gasteiger charge is -2.55. The highest BCUT2D eigenvalue weighted by Crippen LogP contribution is 2.59. The van der Waals surface area contributed by atoms with E-state index in [0.717, 1.165) is 23.7 Å². The first-order chi connectivity index (χ1) is 11.9. The summed E-state index contributed by atoms with van der Waals surface area (Å²) in [6.45, 7) is 12.5. The lowest BCUT2D eigenvalue weighted by molar-refractivity contribution is -0.0498. The van der Waals surface area contributed by atoms with Gasteiger partial charge in [0.25, 0.3) is 0 Å². The highest BCUT2D eigenvalue weighted by atomic mass is 32.1. The molecule has 0 radical (unpaired) electrons. The van der Waals surface area contributed by atoms with Crippen LogP contribution in [0.25, 0.3) is 0 Å². The van der Waals surface area contributed by atoms with E-state index in [0.29, 0.717) is 10.8 Å². The minimum absolute atomic E-state index is 0.508. The maximum Gasteiger partial charge on any atom is 0.0958 e. The van der Waals surface area contributed by atoms with Crippen LogP contribution in [-0.4, -0.2) is 18.1 Å². The van der Waals surface area contributed by atoms with Crippen LogP contribution in [0.5, 0.6) is 0 Å². The summed E-state index contributed by atoms with van der Waals surface area (Å²) in [6.07, 6.45) is 11.7. The van der Waals surface area contributed by atoms with E-state index in [-0.39, 0.29) is 0 Å². The molecule has 25 heavy (non-hydrogen) atoms. The molecule has 0 bridgehead atoms. The molecule has 3 aliphatic rings. The van der Waals surface area contributed by atoms with Gasteiger partial charge in [-0.2, -0.15) is 0 Å². The Balaban J connectivity index is 1.50. The molecular weight excluding hydrogens is 324 g/mol.